The van der Waals surface area contributed by atoms with Crippen LogP contribution in [0.5, 0.6) is 0 Å². The van der Waals surface area contributed by atoms with Crippen LogP contribution < -0.4 is 5.32 Å². The Morgan fingerprint density at radius 1 is 1.47 bits per heavy atom. The first kappa shape index (κ1) is 15.9. The second-order valence-electron chi connectivity index (χ2n) is 5.51. The molecular weight excluding hydrogens is 269 g/mol. The lowest BCUT2D eigenvalue weighted by Crippen LogP contribution is -2.44. The van der Waals surface area contributed by atoms with Crippen LogP contribution in [0.25, 0.3) is 0 Å². The lowest BCUT2D eigenvalue weighted by Gasteiger charge is -2.31. The van der Waals surface area contributed by atoms with E-state index < -0.39 is 11.7 Å². The summed E-state index contributed by atoms with van der Waals surface area (Å²) in [5, 5.41) is 11.7. The predicted molar refractivity (Wildman–Crippen MR) is 73.8 cm³/mol. The topological polar surface area (TPSA) is 49.3 Å². The molecule has 1 aromatic carbocycles. The van der Waals surface area contributed by atoms with E-state index in [4.69, 9.17) is 16.7 Å². The predicted octanol–water partition coefficient (Wildman–Crippen LogP) is 3.01. The van der Waals surface area contributed by atoms with Crippen LogP contribution in [0.4, 0.5) is 4.39 Å². The monoisotopic (exact) mass is 287 g/mol. The minimum absolute atomic E-state index is 0.0287. The maximum absolute atomic E-state index is 13.3. The Bertz CT molecular complexity index is 457. The van der Waals surface area contributed by atoms with E-state index in [1.54, 1.807) is 0 Å². The summed E-state index contributed by atoms with van der Waals surface area (Å²) in [5.74, 6) is -1.05. The SMILES string of the molecule is CC(C)(C)C(CCO)NC(=O)c1cccc(F)c1Cl. The van der Waals surface area contributed by atoms with E-state index in [0.717, 1.165) is 0 Å². The second kappa shape index (κ2) is 6.35. The molecule has 1 rings (SSSR count). The Morgan fingerprint density at radius 3 is 2.63 bits per heavy atom. The van der Waals surface area contributed by atoms with E-state index in [9.17, 15) is 9.18 Å². The minimum Gasteiger partial charge on any atom is -0.396 e. The molecule has 0 fully saturated rings. The van der Waals surface area contributed by atoms with E-state index >= 15 is 0 Å². The summed E-state index contributed by atoms with van der Waals surface area (Å²) in [7, 11) is 0. The van der Waals surface area contributed by atoms with E-state index in [1.807, 2.05) is 20.8 Å². The van der Waals surface area contributed by atoms with Crippen molar-refractivity contribution in [1.82, 2.24) is 5.32 Å². The van der Waals surface area contributed by atoms with Gasteiger partial charge in [0, 0.05) is 12.6 Å². The van der Waals surface area contributed by atoms with Gasteiger partial charge in [-0.1, -0.05) is 38.4 Å². The Balaban J connectivity index is 2.91. The second-order valence-corrected chi connectivity index (χ2v) is 5.88. The molecule has 19 heavy (non-hydrogen) atoms. The highest BCUT2D eigenvalue weighted by molar-refractivity contribution is 6.34. The van der Waals surface area contributed by atoms with Gasteiger partial charge in [0.25, 0.3) is 5.91 Å². The lowest BCUT2D eigenvalue weighted by molar-refractivity contribution is 0.0885. The number of benzene rings is 1. The van der Waals surface area contributed by atoms with Gasteiger partial charge in [-0.3, -0.25) is 4.79 Å². The fraction of sp³-hybridized carbons (Fsp3) is 0.500. The van der Waals surface area contributed by atoms with Gasteiger partial charge in [-0.05, 0) is 24.0 Å². The van der Waals surface area contributed by atoms with Crippen molar-refractivity contribution in [1.29, 1.82) is 0 Å². The van der Waals surface area contributed by atoms with Gasteiger partial charge in [-0.2, -0.15) is 0 Å². The quantitative estimate of drug-likeness (QED) is 0.894. The molecule has 1 unspecified atom stereocenters. The van der Waals surface area contributed by atoms with Crippen molar-refractivity contribution in [3.05, 3.63) is 34.6 Å². The van der Waals surface area contributed by atoms with E-state index in [-0.39, 0.29) is 28.6 Å². The Kier molecular flexibility index (Phi) is 5.32. The molecule has 106 valence electrons. The number of aliphatic hydroxyl groups is 1. The molecule has 1 atom stereocenters. The van der Waals surface area contributed by atoms with Crippen LogP contribution in [-0.2, 0) is 0 Å². The molecule has 3 nitrogen and oxygen atoms in total. The zero-order chi connectivity index (χ0) is 14.6. The number of carbonyl (C=O) groups excluding carboxylic acids is 1. The van der Waals surface area contributed by atoms with Gasteiger partial charge in [0.05, 0.1) is 10.6 Å². The molecule has 1 aromatic rings. The third-order valence-electron chi connectivity index (χ3n) is 2.96. The molecule has 5 heteroatoms. The number of hydrogen-bond acceptors (Lipinski definition) is 2. The van der Waals surface area contributed by atoms with Gasteiger partial charge in [0.15, 0.2) is 0 Å². The van der Waals surface area contributed by atoms with Crippen molar-refractivity contribution < 1.29 is 14.3 Å². The molecule has 0 saturated carbocycles. The highest BCUT2D eigenvalue weighted by Gasteiger charge is 2.27. The molecule has 0 radical (unpaired) electrons. The molecule has 0 aliphatic heterocycles. The van der Waals surface area contributed by atoms with Crippen LogP contribution in [0.15, 0.2) is 18.2 Å². The maximum atomic E-state index is 13.3. The first-order valence-corrected chi connectivity index (χ1v) is 6.51. The Morgan fingerprint density at radius 2 is 2.11 bits per heavy atom. The van der Waals surface area contributed by atoms with Crippen LogP contribution in [0, 0.1) is 11.2 Å². The number of carbonyl (C=O) groups is 1. The van der Waals surface area contributed by atoms with E-state index in [2.05, 4.69) is 5.32 Å². The first-order valence-electron chi connectivity index (χ1n) is 6.13. The Hall–Kier alpha value is -1.13. The minimum atomic E-state index is -0.621. The van der Waals surface area contributed by atoms with Crippen molar-refractivity contribution in [3.8, 4) is 0 Å². The number of aliphatic hydroxyl groups excluding tert-OH is 1. The number of rotatable bonds is 4. The normalized spacial score (nSPS) is 13.2. The number of amides is 1. The molecule has 0 aliphatic carbocycles. The molecule has 1 amide bonds. The molecule has 0 spiro atoms. The third-order valence-corrected chi connectivity index (χ3v) is 3.35. The van der Waals surface area contributed by atoms with Crippen molar-refractivity contribution in [2.24, 2.45) is 5.41 Å². The van der Waals surface area contributed by atoms with Crippen LogP contribution in [0.2, 0.25) is 5.02 Å². The molecule has 0 saturated heterocycles. The fourth-order valence-electron chi connectivity index (χ4n) is 1.77. The van der Waals surface area contributed by atoms with E-state index in [1.165, 1.54) is 18.2 Å². The number of nitrogens with one attached hydrogen (secondary N) is 1. The molecule has 0 aliphatic rings. The fourth-order valence-corrected chi connectivity index (χ4v) is 1.98. The lowest BCUT2D eigenvalue weighted by atomic mass is 9.85. The van der Waals surface area contributed by atoms with E-state index in [0.29, 0.717) is 6.42 Å². The zero-order valence-electron chi connectivity index (χ0n) is 11.3. The van der Waals surface area contributed by atoms with Gasteiger partial charge >= 0.3 is 0 Å². The summed E-state index contributed by atoms with van der Waals surface area (Å²) < 4.78 is 13.3. The summed E-state index contributed by atoms with van der Waals surface area (Å²) in [6, 6.07) is 3.89. The average Bonchev–Trinajstić information content (AvgIpc) is 2.30. The number of hydrogen-bond donors (Lipinski definition) is 2. The summed E-state index contributed by atoms with van der Waals surface area (Å²) in [6.07, 6.45) is 0.433. The van der Waals surface area contributed by atoms with Crippen LogP contribution in [-0.4, -0.2) is 23.7 Å². The van der Waals surface area contributed by atoms with Crippen molar-refractivity contribution >= 4 is 17.5 Å². The largest absolute Gasteiger partial charge is 0.396 e. The standard InChI is InChI=1S/C14H19ClFNO2/c1-14(2,3)11(7-8-18)17-13(19)9-5-4-6-10(16)12(9)15/h4-6,11,18H,7-8H2,1-3H3,(H,17,19). The first-order chi connectivity index (χ1) is 8.77. The van der Waals surface area contributed by atoms with Gasteiger partial charge < -0.3 is 10.4 Å². The van der Waals surface area contributed by atoms with Crippen molar-refractivity contribution in [3.63, 3.8) is 0 Å². The summed E-state index contributed by atoms with van der Waals surface area (Å²) in [5.41, 5.74) is -0.105. The Labute approximate surface area is 117 Å². The van der Waals surface area contributed by atoms with Crippen molar-refractivity contribution in [2.75, 3.05) is 6.61 Å². The maximum Gasteiger partial charge on any atom is 0.253 e. The van der Waals surface area contributed by atoms with Gasteiger partial charge in [0.2, 0.25) is 0 Å². The van der Waals surface area contributed by atoms with Crippen LogP contribution in [0.3, 0.4) is 0 Å². The number of halogens is 2. The average molecular weight is 288 g/mol. The smallest absolute Gasteiger partial charge is 0.253 e. The van der Waals surface area contributed by atoms with Gasteiger partial charge in [-0.25, -0.2) is 4.39 Å². The van der Waals surface area contributed by atoms with Crippen LogP contribution in [0.1, 0.15) is 37.6 Å². The molecule has 0 aromatic heterocycles. The third kappa shape index (κ3) is 4.18. The molecule has 0 bridgehead atoms. The summed E-state index contributed by atoms with van der Waals surface area (Å²) in [4.78, 5) is 12.1. The highest BCUT2D eigenvalue weighted by atomic mass is 35.5. The molecular formula is C14H19ClFNO2. The highest BCUT2D eigenvalue weighted by Crippen LogP contribution is 2.24. The zero-order valence-corrected chi connectivity index (χ0v) is 12.1. The summed E-state index contributed by atoms with van der Waals surface area (Å²) >= 11 is 5.78. The molecule has 2 N–H and O–H groups in total. The van der Waals surface area contributed by atoms with Gasteiger partial charge in [-0.15, -0.1) is 0 Å². The summed E-state index contributed by atoms with van der Waals surface area (Å²) in [6.45, 7) is 5.85. The van der Waals surface area contributed by atoms with Crippen molar-refractivity contribution in [2.45, 2.75) is 33.2 Å². The van der Waals surface area contributed by atoms with Crippen LogP contribution >= 0.6 is 11.6 Å². The van der Waals surface area contributed by atoms with Gasteiger partial charge in [0.1, 0.15) is 5.82 Å². The molecule has 0 heterocycles.